The molecule has 0 unspecified atom stereocenters. The van der Waals surface area contributed by atoms with Crippen LogP contribution in [0, 0.1) is 0 Å². The van der Waals surface area contributed by atoms with E-state index in [4.69, 9.17) is 0 Å². The van der Waals surface area contributed by atoms with Crippen molar-refractivity contribution >= 4 is 32.3 Å². The van der Waals surface area contributed by atoms with Crippen LogP contribution in [0.15, 0.2) is 158 Å². The van der Waals surface area contributed by atoms with Crippen molar-refractivity contribution in [1.82, 2.24) is 0 Å². The fraction of sp³-hybridized carbons (Fsp3) is 0.0667. The summed E-state index contributed by atoms with van der Waals surface area (Å²) in [5.74, 6) is 0. The molecule has 0 saturated carbocycles. The molecule has 8 aromatic carbocycles. The fourth-order valence-electron chi connectivity index (χ4n) is 7.72. The highest BCUT2D eigenvalue weighted by atomic mass is 14.4. The molecule has 212 valence electrons. The largest absolute Gasteiger partial charge is 0.0619 e. The summed E-state index contributed by atoms with van der Waals surface area (Å²) >= 11 is 0. The summed E-state index contributed by atoms with van der Waals surface area (Å²) in [4.78, 5) is 0. The molecule has 0 spiro atoms. The molecule has 0 heterocycles. The van der Waals surface area contributed by atoms with Crippen LogP contribution in [0.25, 0.3) is 76.8 Å². The lowest BCUT2D eigenvalue weighted by atomic mass is 9.81. The molecule has 0 heteroatoms. The first-order valence-electron chi connectivity index (χ1n) is 15.9. The SMILES string of the molecule is CC1(C)c2ccccc2-c2ccc(-c3ccc4cc(-c5ccccc5-c5cc6ccccc6c6ccccc56)ccc4c3)cc21. The van der Waals surface area contributed by atoms with Gasteiger partial charge in [-0.15, -0.1) is 0 Å². The molecular formula is C45H32. The van der Waals surface area contributed by atoms with E-state index in [-0.39, 0.29) is 5.41 Å². The van der Waals surface area contributed by atoms with Gasteiger partial charge in [0, 0.05) is 5.41 Å². The maximum atomic E-state index is 2.41. The maximum absolute atomic E-state index is 2.41. The van der Waals surface area contributed by atoms with Crippen LogP contribution in [0.5, 0.6) is 0 Å². The lowest BCUT2D eigenvalue weighted by molar-refractivity contribution is 0.660. The van der Waals surface area contributed by atoms with Crippen molar-refractivity contribution in [3.8, 4) is 44.5 Å². The van der Waals surface area contributed by atoms with E-state index in [0.717, 1.165) is 0 Å². The average molecular weight is 573 g/mol. The van der Waals surface area contributed by atoms with E-state index in [1.165, 1.54) is 88.0 Å². The molecule has 0 amide bonds. The van der Waals surface area contributed by atoms with Crippen LogP contribution < -0.4 is 0 Å². The molecule has 0 aliphatic heterocycles. The van der Waals surface area contributed by atoms with Crippen molar-refractivity contribution in [1.29, 1.82) is 0 Å². The standard InChI is InChI=1S/C45H32/c1-45(2)43-18-10-9-17-40(43)41-24-23-32(28-44(41)45)30-19-20-31-26-34(22-21-29(31)25-30)36-13-5-6-15-38(36)42-27-33-11-3-4-12-35(33)37-14-7-8-16-39(37)42/h3-28H,1-2H3. The van der Waals surface area contributed by atoms with Gasteiger partial charge in [0.25, 0.3) is 0 Å². The normalized spacial score (nSPS) is 13.3. The predicted octanol–water partition coefficient (Wildman–Crippen LogP) is 12.5. The minimum absolute atomic E-state index is 0.00254. The lowest BCUT2D eigenvalue weighted by Gasteiger charge is -2.22. The highest BCUT2D eigenvalue weighted by Crippen LogP contribution is 2.49. The van der Waals surface area contributed by atoms with Crippen molar-refractivity contribution in [2.24, 2.45) is 0 Å². The summed E-state index contributed by atoms with van der Waals surface area (Å²) in [6, 6.07) is 58.4. The quantitative estimate of drug-likeness (QED) is 0.185. The van der Waals surface area contributed by atoms with Gasteiger partial charge < -0.3 is 0 Å². The molecule has 0 saturated heterocycles. The molecule has 9 rings (SSSR count). The predicted molar refractivity (Wildman–Crippen MR) is 193 cm³/mol. The number of benzene rings is 8. The molecule has 0 atom stereocenters. The molecule has 0 aromatic heterocycles. The van der Waals surface area contributed by atoms with Crippen molar-refractivity contribution in [2.45, 2.75) is 19.3 Å². The van der Waals surface area contributed by atoms with Crippen LogP contribution in [0.2, 0.25) is 0 Å². The Kier molecular flexibility index (Phi) is 5.64. The van der Waals surface area contributed by atoms with Gasteiger partial charge in [-0.3, -0.25) is 0 Å². The Balaban J connectivity index is 1.13. The molecule has 1 aliphatic carbocycles. The maximum Gasteiger partial charge on any atom is 0.0159 e. The first-order chi connectivity index (χ1) is 22.1. The minimum atomic E-state index is -0.00254. The van der Waals surface area contributed by atoms with Gasteiger partial charge in [0.1, 0.15) is 0 Å². The van der Waals surface area contributed by atoms with Gasteiger partial charge in [-0.1, -0.05) is 147 Å². The molecule has 0 bridgehead atoms. The Hall–Kier alpha value is -5.46. The zero-order chi connectivity index (χ0) is 30.1. The second-order valence-electron chi connectivity index (χ2n) is 12.9. The smallest absolute Gasteiger partial charge is 0.0159 e. The summed E-state index contributed by atoms with van der Waals surface area (Å²) < 4.78 is 0. The monoisotopic (exact) mass is 572 g/mol. The van der Waals surface area contributed by atoms with E-state index in [1.54, 1.807) is 0 Å². The lowest BCUT2D eigenvalue weighted by Crippen LogP contribution is -2.14. The summed E-state index contributed by atoms with van der Waals surface area (Å²) in [6.07, 6.45) is 0. The Morgan fingerprint density at radius 3 is 1.69 bits per heavy atom. The van der Waals surface area contributed by atoms with Gasteiger partial charge in [-0.05, 0) is 112 Å². The third-order valence-corrected chi connectivity index (χ3v) is 10.1. The van der Waals surface area contributed by atoms with Gasteiger partial charge >= 0.3 is 0 Å². The van der Waals surface area contributed by atoms with Gasteiger partial charge in [0.05, 0.1) is 0 Å². The summed E-state index contributed by atoms with van der Waals surface area (Å²) in [6.45, 7) is 4.70. The molecule has 0 radical (unpaired) electrons. The summed E-state index contributed by atoms with van der Waals surface area (Å²) in [7, 11) is 0. The molecule has 0 nitrogen and oxygen atoms in total. The third-order valence-electron chi connectivity index (χ3n) is 10.1. The highest BCUT2D eigenvalue weighted by Gasteiger charge is 2.35. The number of hydrogen-bond donors (Lipinski definition) is 0. The van der Waals surface area contributed by atoms with Gasteiger partial charge in [0.2, 0.25) is 0 Å². The van der Waals surface area contributed by atoms with Crippen molar-refractivity contribution in [3.63, 3.8) is 0 Å². The zero-order valence-electron chi connectivity index (χ0n) is 25.5. The second-order valence-corrected chi connectivity index (χ2v) is 12.9. The van der Waals surface area contributed by atoms with Gasteiger partial charge in [-0.2, -0.15) is 0 Å². The third kappa shape index (κ3) is 3.99. The van der Waals surface area contributed by atoms with Crippen molar-refractivity contribution in [3.05, 3.63) is 169 Å². The van der Waals surface area contributed by atoms with Crippen LogP contribution in [0.3, 0.4) is 0 Å². The molecule has 45 heavy (non-hydrogen) atoms. The number of rotatable bonds is 3. The van der Waals surface area contributed by atoms with Crippen LogP contribution in [-0.4, -0.2) is 0 Å². The van der Waals surface area contributed by atoms with Crippen molar-refractivity contribution < 1.29 is 0 Å². The van der Waals surface area contributed by atoms with Crippen LogP contribution in [0.1, 0.15) is 25.0 Å². The highest BCUT2D eigenvalue weighted by molar-refractivity contribution is 6.15. The fourth-order valence-corrected chi connectivity index (χ4v) is 7.72. The number of fused-ring (bicyclic) bond motifs is 7. The van der Waals surface area contributed by atoms with Gasteiger partial charge in [0.15, 0.2) is 0 Å². The summed E-state index contributed by atoms with van der Waals surface area (Å²) in [5, 5.41) is 7.66. The number of hydrogen-bond acceptors (Lipinski definition) is 0. The topological polar surface area (TPSA) is 0 Å². The molecule has 0 N–H and O–H groups in total. The first kappa shape index (κ1) is 26.0. The van der Waals surface area contributed by atoms with E-state index in [1.807, 2.05) is 0 Å². The van der Waals surface area contributed by atoms with E-state index >= 15 is 0 Å². The van der Waals surface area contributed by atoms with Crippen LogP contribution >= 0.6 is 0 Å². The Labute approximate surface area is 264 Å². The van der Waals surface area contributed by atoms with Gasteiger partial charge in [-0.25, -0.2) is 0 Å². The van der Waals surface area contributed by atoms with E-state index in [9.17, 15) is 0 Å². The average Bonchev–Trinajstić information content (AvgIpc) is 3.33. The van der Waals surface area contributed by atoms with E-state index < -0.39 is 0 Å². The summed E-state index contributed by atoms with van der Waals surface area (Å²) in [5.41, 5.74) is 13.1. The molecule has 1 aliphatic rings. The first-order valence-corrected chi connectivity index (χ1v) is 15.9. The van der Waals surface area contributed by atoms with Crippen molar-refractivity contribution in [2.75, 3.05) is 0 Å². The minimum Gasteiger partial charge on any atom is -0.0619 e. The molecule has 8 aromatic rings. The second kappa shape index (κ2) is 9.78. The zero-order valence-corrected chi connectivity index (χ0v) is 25.5. The molecule has 0 fully saturated rings. The van der Waals surface area contributed by atoms with E-state index in [0.29, 0.717) is 0 Å². The van der Waals surface area contributed by atoms with E-state index in [2.05, 4.69) is 172 Å². The van der Waals surface area contributed by atoms with Crippen LogP contribution in [-0.2, 0) is 5.41 Å². The molecular weight excluding hydrogens is 540 g/mol. The Bertz CT molecular complexity index is 2460. The Morgan fingerprint density at radius 1 is 0.311 bits per heavy atom. The van der Waals surface area contributed by atoms with Crippen LogP contribution in [0.4, 0.5) is 0 Å². The Morgan fingerprint density at radius 2 is 0.867 bits per heavy atom.